The SMILES string of the molecule is CNC(C)(CN1CCCC(C(F)(F)F)C1)C(=O)OC. The topological polar surface area (TPSA) is 41.6 Å². The van der Waals surface area contributed by atoms with Crippen molar-refractivity contribution < 1.29 is 22.7 Å². The Balaban J connectivity index is 2.68. The van der Waals surface area contributed by atoms with Crippen LogP contribution in [0.25, 0.3) is 0 Å². The van der Waals surface area contributed by atoms with E-state index in [2.05, 4.69) is 5.32 Å². The van der Waals surface area contributed by atoms with Crippen molar-refractivity contribution in [3.63, 3.8) is 0 Å². The van der Waals surface area contributed by atoms with Crippen molar-refractivity contribution in [3.8, 4) is 0 Å². The summed E-state index contributed by atoms with van der Waals surface area (Å²) in [5.74, 6) is -1.77. The predicted octanol–water partition coefficient (Wildman–Crippen LogP) is 1.41. The number of piperidine rings is 1. The zero-order chi connectivity index (χ0) is 14.7. The van der Waals surface area contributed by atoms with E-state index in [-0.39, 0.29) is 19.5 Å². The first kappa shape index (κ1) is 16.2. The number of methoxy groups -OCH3 is 1. The summed E-state index contributed by atoms with van der Waals surface area (Å²) in [6.45, 7) is 2.36. The van der Waals surface area contributed by atoms with Gasteiger partial charge in [0.15, 0.2) is 0 Å². The Morgan fingerprint density at radius 3 is 2.58 bits per heavy atom. The lowest BCUT2D eigenvalue weighted by Gasteiger charge is -2.38. The van der Waals surface area contributed by atoms with Gasteiger partial charge < -0.3 is 15.0 Å². The number of nitrogens with one attached hydrogen (secondary N) is 1. The molecule has 1 heterocycles. The third-order valence-electron chi connectivity index (χ3n) is 3.70. The number of hydrogen-bond donors (Lipinski definition) is 1. The number of halogens is 3. The highest BCUT2D eigenvalue weighted by atomic mass is 19.4. The van der Waals surface area contributed by atoms with E-state index < -0.39 is 23.6 Å². The van der Waals surface area contributed by atoms with Gasteiger partial charge in [-0.2, -0.15) is 13.2 Å². The molecule has 0 aromatic heterocycles. The molecule has 7 heteroatoms. The maximum absolute atomic E-state index is 12.7. The third kappa shape index (κ3) is 4.07. The molecule has 19 heavy (non-hydrogen) atoms. The van der Waals surface area contributed by atoms with Crippen molar-refractivity contribution in [2.24, 2.45) is 5.92 Å². The average Bonchev–Trinajstić information content (AvgIpc) is 2.36. The molecule has 1 N–H and O–H groups in total. The van der Waals surface area contributed by atoms with Gasteiger partial charge in [-0.25, -0.2) is 0 Å². The van der Waals surface area contributed by atoms with Crippen LogP contribution in [-0.2, 0) is 9.53 Å². The number of likely N-dealkylation sites (tertiary alicyclic amines) is 1. The number of hydrogen-bond acceptors (Lipinski definition) is 4. The molecule has 0 bridgehead atoms. The number of likely N-dealkylation sites (N-methyl/N-ethyl adjacent to an activating group) is 1. The van der Waals surface area contributed by atoms with Crippen molar-refractivity contribution in [1.29, 1.82) is 0 Å². The van der Waals surface area contributed by atoms with E-state index in [0.717, 1.165) is 0 Å². The first-order chi connectivity index (χ1) is 8.73. The molecule has 0 aliphatic carbocycles. The fraction of sp³-hybridized carbons (Fsp3) is 0.917. The molecule has 1 fully saturated rings. The summed E-state index contributed by atoms with van der Waals surface area (Å²) in [5, 5.41) is 2.83. The third-order valence-corrected chi connectivity index (χ3v) is 3.70. The second-order valence-corrected chi connectivity index (χ2v) is 5.19. The van der Waals surface area contributed by atoms with Crippen LogP contribution in [0.2, 0.25) is 0 Å². The Kier molecular flexibility index (Phi) is 5.20. The van der Waals surface area contributed by atoms with Crippen LogP contribution < -0.4 is 5.32 Å². The summed E-state index contributed by atoms with van der Waals surface area (Å²) in [6, 6.07) is 0. The molecule has 1 rings (SSSR count). The van der Waals surface area contributed by atoms with Crippen molar-refractivity contribution in [1.82, 2.24) is 10.2 Å². The van der Waals surface area contributed by atoms with Crippen molar-refractivity contribution in [3.05, 3.63) is 0 Å². The van der Waals surface area contributed by atoms with Crippen LogP contribution in [-0.4, -0.2) is 56.4 Å². The van der Waals surface area contributed by atoms with Gasteiger partial charge in [0, 0.05) is 13.1 Å². The van der Waals surface area contributed by atoms with Gasteiger partial charge in [0.2, 0.25) is 0 Å². The largest absolute Gasteiger partial charge is 0.468 e. The zero-order valence-corrected chi connectivity index (χ0v) is 11.5. The normalized spacial score (nSPS) is 24.8. The van der Waals surface area contributed by atoms with E-state index in [9.17, 15) is 18.0 Å². The smallest absolute Gasteiger partial charge is 0.393 e. The van der Waals surface area contributed by atoms with Crippen LogP contribution in [0.1, 0.15) is 19.8 Å². The van der Waals surface area contributed by atoms with Crippen LogP contribution in [0.15, 0.2) is 0 Å². The number of nitrogens with zero attached hydrogens (tertiary/aromatic N) is 1. The van der Waals surface area contributed by atoms with Gasteiger partial charge >= 0.3 is 12.1 Å². The van der Waals surface area contributed by atoms with Gasteiger partial charge in [-0.15, -0.1) is 0 Å². The summed E-state index contributed by atoms with van der Waals surface area (Å²) in [4.78, 5) is 13.4. The lowest BCUT2D eigenvalue weighted by molar-refractivity contribution is -0.187. The molecule has 0 aromatic rings. The first-order valence-corrected chi connectivity index (χ1v) is 6.29. The van der Waals surface area contributed by atoms with Gasteiger partial charge in [-0.1, -0.05) is 0 Å². The fourth-order valence-electron chi connectivity index (χ4n) is 2.38. The van der Waals surface area contributed by atoms with Crippen LogP contribution in [0.5, 0.6) is 0 Å². The number of esters is 1. The summed E-state index contributed by atoms with van der Waals surface area (Å²) < 4.78 is 42.9. The molecule has 0 amide bonds. The lowest BCUT2D eigenvalue weighted by atomic mass is 9.94. The molecule has 1 saturated heterocycles. The molecule has 0 radical (unpaired) electrons. The second kappa shape index (κ2) is 6.09. The molecular formula is C12H21F3N2O2. The van der Waals surface area contributed by atoms with Crippen molar-refractivity contribution in [2.75, 3.05) is 33.8 Å². The van der Waals surface area contributed by atoms with E-state index in [1.54, 1.807) is 18.9 Å². The van der Waals surface area contributed by atoms with Crippen LogP contribution >= 0.6 is 0 Å². The Labute approximate surface area is 111 Å². The Bertz CT molecular complexity index is 323. The predicted molar refractivity (Wildman–Crippen MR) is 64.7 cm³/mol. The Morgan fingerprint density at radius 1 is 1.47 bits per heavy atom. The molecule has 0 saturated carbocycles. The minimum Gasteiger partial charge on any atom is -0.468 e. The van der Waals surface area contributed by atoms with Crippen molar-refractivity contribution >= 4 is 5.97 Å². The Morgan fingerprint density at radius 2 is 2.11 bits per heavy atom. The molecule has 2 unspecified atom stereocenters. The van der Waals surface area contributed by atoms with Gasteiger partial charge in [0.05, 0.1) is 13.0 Å². The van der Waals surface area contributed by atoms with E-state index in [1.807, 2.05) is 0 Å². The van der Waals surface area contributed by atoms with Gasteiger partial charge in [0.1, 0.15) is 5.54 Å². The van der Waals surface area contributed by atoms with E-state index in [1.165, 1.54) is 7.11 Å². The molecule has 0 spiro atoms. The highest BCUT2D eigenvalue weighted by Crippen LogP contribution is 2.33. The monoisotopic (exact) mass is 282 g/mol. The van der Waals surface area contributed by atoms with Crippen LogP contribution in [0.4, 0.5) is 13.2 Å². The van der Waals surface area contributed by atoms with Gasteiger partial charge in [-0.3, -0.25) is 4.79 Å². The summed E-state index contributed by atoms with van der Waals surface area (Å²) in [6.07, 6.45) is -3.51. The fourth-order valence-corrected chi connectivity index (χ4v) is 2.38. The molecule has 1 aliphatic heterocycles. The molecule has 112 valence electrons. The quantitative estimate of drug-likeness (QED) is 0.792. The maximum Gasteiger partial charge on any atom is 0.393 e. The molecule has 2 atom stereocenters. The summed E-state index contributed by atoms with van der Waals surface area (Å²) in [7, 11) is 2.87. The second-order valence-electron chi connectivity index (χ2n) is 5.19. The summed E-state index contributed by atoms with van der Waals surface area (Å²) in [5.41, 5.74) is -0.984. The average molecular weight is 282 g/mol. The number of alkyl halides is 3. The molecule has 1 aliphatic rings. The van der Waals surface area contributed by atoms with Gasteiger partial charge in [0.25, 0.3) is 0 Å². The summed E-state index contributed by atoms with van der Waals surface area (Å²) >= 11 is 0. The van der Waals surface area contributed by atoms with E-state index in [4.69, 9.17) is 4.74 Å². The molecule has 0 aromatic carbocycles. The first-order valence-electron chi connectivity index (χ1n) is 6.29. The van der Waals surface area contributed by atoms with Crippen LogP contribution in [0.3, 0.4) is 0 Å². The van der Waals surface area contributed by atoms with E-state index >= 15 is 0 Å². The molecular weight excluding hydrogens is 261 g/mol. The zero-order valence-electron chi connectivity index (χ0n) is 11.5. The van der Waals surface area contributed by atoms with E-state index in [0.29, 0.717) is 13.0 Å². The number of carbonyl (C=O) groups excluding carboxylic acids is 1. The van der Waals surface area contributed by atoms with Crippen LogP contribution in [0, 0.1) is 5.92 Å². The number of carbonyl (C=O) groups is 1. The molecule has 4 nitrogen and oxygen atoms in total. The maximum atomic E-state index is 12.7. The Hall–Kier alpha value is -0.820. The highest BCUT2D eigenvalue weighted by molar-refractivity contribution is 5.80. The number of ether oxygens (including phenoxy) is 1. The highest BCUT2D eigenvalue weighted by Gasteiger charge is 2.43. The minimum absolute atomic E-state index is 0.0578. The van der Waals surface area contributed by atoms with Crippen molar-refractivity contribution in [2.45, 2.75) is 31.5 Å². The van der Waals surface area contributed by atoms with Gasteiger partial charge in [-0.05, 0) is 33.4 Å². The lowest BCUT2D eigenvalue weighted by Crippen LogP contribution is -2.58. The minimum atomic E-state index is -4.17. The standard InChI is InChI=1S/C12H21F3N2O2/c1-11(16-2,10(18)19-3)8-17-6-4-5-9(7-17)12(13,14)15/h9,16H,4-8H2,1-3H3. The number of rotatable bonds is 4.